The van der Waals surface area contributed by atoms with Crippen molar-refractivity contribution in [2.45, 2.75) is 6.42 Å². The SMILES string of the molecule is Fc1ccc(CCNc2nccc(Nc3ccc(Cl)c(Cl)c3)n2)cc1. The molecule has 1 aromatic heterocycles. The summed E-state index contributed by atoms with van der Waals surface area (Å²) in [5, 5.41) is 7.27. The molecule has 0 aliphatic heterocycles. The van der Waals surface area contributed by atoms with Crippen molar-refractivity contribution in [2.24, 2.45) is 0 Å². The molecule has 0 aliphatic rings. The second-order valence-corrected chi connectivity index (χ2v) is 6.14. The van der Waals surface area contributed by atoms with Gasteiger partial charge in [0.25, 0.3) is 0 Å². The van der Waals surface area contributed by atoms with E-state index >= 15 is 0 Å². The molecule has 0 unspecified atom stereocenters. The highest BCUT2D eigenvalue weighted by molar-refractivity contribution is 6.42. The van der Waals surface area contributed by atoms with Crippen LogP contribution in [0.1, 0.15) is 5.56 Å². The lowest BCUT2D eigenvalue weighted by Gasteiger charge is -2.09. The average molecular weight is 377 g/mol. The molecule has 1 heterocycles. The average Bonchev–Trinajstić information content (AvgIpc) is 2.60. The number of nitrogens with one attached hydrogen (secondary N) is 2. The first-order valence-corrected chi connectivity index (χ1v) is 8.39. The molecular weight excluding hydrogens is 362 g/mol. The highest BCUT2D eigenvalue weighted by atomic mass is 35.5. The predicted molar refractivity (Wildman–Crippen MR) is 100 cm³/mol. The summed E-state index contributed by atoms with van der Waals surface area (Å²) in [4.78, 5) is 8.58. The lowest BCUT2D eigenvalue weighted by molar-refractivity contribution is 0.627. The Morgan fingerprint density at radius 1 is 0.960 bits per heavy atom. The molecular formula is C18H15Cl2FN4. The standard InChI is InChI=1S/C18H15Cl2FN4/c19-15-6-5-14(11-16(15)20)24-17-8-10-23-18(25-17)22-9-7-12-1-3-13(21)4-2-12/h1-6,8,10-11H,7,9H2,(H2,22,23,24,25). The quantitative estimate of drug-likeness (QED) is 0.610. The molecule has 4 nitrogen and oxygen atoms in total. The highest BCUT2D eigenvalue weighted by Crippen LogP contribution is 2.26. The molecule has 0 aliphatic carbocycles. The van der Waals surface area contributed by atoms with Crippen LogP contribution < -0.4 is 10.6 Å². The normalized spacial score (nSPS) is 10.5. The van der Waals surface area contributed by atoms with Crippen molar-refractivity contribution in [3.05, 3.63) is 76.2 Å². The first-order chi connectivity index (χ1) is 12.1. The van der Waals surface area contributed by atoms with Gasteiger partial charge >= 0.3 is 0 Å². The Balaban J connectivity index is 1.59. The summed E-state index contributed by atoms with van der Waals surface area (Å²) in [6.45, 7) is 0.641. The Kier molecular flexibility index (Phi) is 5.68. The van der Waals surface area contributed by atoms with E-state index in [-0.39, 0.29) is 5.82 Å². The summed E-state index contributed by atoms with van der Waals surface area (Å²) >= 11 is 11.9. The highest BCUT2D eigenvalue weighted by Gasteiger charge is 2.03. The number of hydrogen-bond acceptors (Lipinski definition) is 4. The summed E-state index contributed by atoms with van der Waals surface area (Å²) in [6.07, 6.45) is 2.40. The molecule has 0 fully saturated rings. The van der Waals surface area contributed by atoms with Crippen LogP contribution in [0.5, 0.6) is 0 Å². The molecule has 2 N–H and O–H groups in total. The molecule has 0 saturated carbocycles. The number of halogens is 3. The van der Waals surface area contributed by atoms with Gasteiger partial charge in [0, 0.05) is 18.4 Å². The summed E-state index contributed by atoms with van der Waals surface area (Å²) in [5.41, 5.74) is 1.82. The molecule has 0 amide bonds. The van der Waals surface area contributed by atoms with Gasteiger partial charge in [-0.15, -0.1) is 0 Å². The first kappa shape index (κ1) is 17.5. The molecule has 3 rings (SSSR count). The van der Waals surface area contributed by atoms with Crippen molar-refractivity contribution in [3.8, 4) is 0 Å². The van der Waals surface area contributed by atoms with Crippen LogP contribution >= 0.6 is 23.2 Å². The lowest BCUT2D eigenvalue weighted by atomic mass is 10.1. The van der Waals surface area contributed by atoms with E-state index in [4.69, 9.17) is 23.2 Å². The van der Waals surface area contributed by atoms with Gasteiger partial charge < -0.3 is 10.6 Å². The van der Waals surface area contributed by atoms with Crippen LogP contribution in [-0.2, 0) is 6.42 Å². The van der Waals surface area contributed by atoms with Gasteiger partial charge in [0.05, 0.1) is 10.0 Å². The van der Waals surface area contributed by atoms with E-state index in [9.17, 15) is 4.39 Å². The second-order valence-electron chi connectivity index (χ2n) is 5.32. The van der Waals surface area contributed by atoms with Gasteiger partial charge in [0.2, 0.25) is 5.95 Å². The number of benzene rings is 2. The minimum absolute atomic E-state index is 0.235. The molecule has 0 spiro atoms. The summed E-state index contributed by atoms with van der Waals surface area (Å²) in [7, 11) is 0. The Morgan fingerprint density at radius 3 is 2.52 bits per heavy atom. The topological polar surface area (TPSA) is 49.8 Å². The monoisotopic (exact) mass is 376 g/mol. The molecule has 2 aromatic carbocycles. The zero-order valence-electron chi connectivity index (χ0n) is 13.1. The van der Waals surface area contributed by atoms with E-state index in [2.05, 4.69) is 20.6 Å². The van der Waals surface area contributed by atoms with Crippen LogP contribution in [0.4, 0.5) is 21.8 Å². The maximum absolute atomic E-state index is 12.9. The third kappa shape index (κ3) is 5.05. The van der Waals surface area contributed by atoms with E-state index in [0.717, 1.165) is 17.7 Å². The van der Waals surface area contributed by atoms with Gasteiger partial charge in [0.1, 0.15) is 11.6 Å². The van der Waals surface area contributed by atoms with Crippen LogP contribution in [-0.4, -0.2) is 16.5 Å². The Labute approximate surface area is 155 Å². The number of hydrogen-bond donors (Lipinski definition) is 2. The molecule has 0 saturated heterocycles. The fraction of sp³-hybridized carbons (Fsp3) is 0.111. The number of anilines is 3. The van der Waals surface area contributed by atoms with Gasteiger partial charge in [-0.05, 0) is 48.4 Å². The van der Waals surface area contributed by atoms with Gasteiger partial charge in [-0.1, -0.05) is 35.3 Å². The first-order valence-electron chi connectivity index (χ1n) is 7.63. The number of rotatable bonds is 6. The smallest absolute Gasteiger partial charge is 0.224 e. The number of aromatic nitrogens is 2. The maximum atomic E-state index is 12.9. The van der Waals surface area contributed by atoms with E-state index in [1.54, 1.807) is 36.5 Å². The molecule has 3 aromatic rings. The molecule has 128 valence electrons. The van der Waals surface area contributed by atoms with Crippen molar-refractivity contribution in [2.75, 3.05) is 17.2 Å². The summed E-state index contributed by atoms with van der Waals surface area (Å²) in [6, 6.07) is 13.5. The molecule has 0 radical (unpaired) electrons. The van der Waals surface area contributed by atoms with Crippen molar-refractivity contribution in [1.29, 1.82) is 0 Å². The van der Waals surface area contributed by atoms with Gasteiger partial charge in [-0.2, -0.15) is 4.98 Å². The zero-order chi connectivity index (χ0) is 17.6. The third-order valence-electron chi connectivity index (χ3n) is 3.46. The second kappa shape index (κ2) is 8.14. The van der Waals surface area contributed by atoms with Crippen molar-refractivity contribution in [1.82, 2.24) is 9.97 Å². The Hall–Kier alpha value is -2.37. The largest absolute Gasteiger partial charge is 0.354 e. The Morgan fingerprint density at radius 2 is 1.76 bits per heavy atom. The van der Waals surface area contributed by atoms with Gasteiger partial charge in [-0.25, -0.2) is 9.37 Å². The summed E-state index contributed by atoms with van der Waals surface area (Å²) < 4.78 is 12.9. The van der Waals surface area contributed by atoms with Crippen LogP contribution in [0.25, 0.3) is 0 Å². The van der Waals surface area contributed by atoms with Gasteiger partial charge in [0.15, 0.2) is 0 Å². The van der Waals surface area contributed by atoms with Crippen molar-refractivity contribution < 1.29 is 4.39 Å². The summed E-state index contributed by atoms with van der Waals surface area (Å²) in [5.74, 6) is 0.908. The van der Waals surface area contributed by atoms with Crippen LogP contribution in [0.15, 0.2) is 54.7 Å². The fourth-order valence-corrected chi connectivity index (χ4v) is 2.50. The molecule has 7 heteroatoms. The number of nitrogens with zero attached hydrogens (tertiary/aromatic N) is 2. The minimum atomic E-state index is -0.235. The van der Waals surface area contributed by atoms with Crippen molar-refractivity contribution in [3.63, 3.8) is 0 Å². The van der Waals surface area contributed by atoms with Crippen LogP contribution in [0.2, 0.25) is 10.0 Å². The molecule has 0 atom stereocenters. The Bertz CT molecular complexity index is 856. The van der Waals surface area contributed by atoms with E-state index in [1.165, 1.54) is 12.1 Å². The third-order valence-corrected chi connectivity index (χ3v) is 4.20. The van der Waals surface area contributed by atoms with Crippen LogP contribution in [0, 0.1) is 5.82 Å². The minimum Gasteiger partial charge on any atom is -0.354 e. The molecule has 25 heavy (non-hydrogen) atoms. The molecule has 0 bridgehead atoms. The predicted octanol–water partition coefficient (Wildman–Crippen LogP) is 5.32. The van der Waals surface area contributed by atoms with E-state index < -0.39 is 0 Å². The lowest BCUT2D eigenvalue weighted by Crippen LogP contribution is -2.08. The fourth-order valence-electron chi connectivity index (χ4n) is 2.20. The zero-order valence-corrected chi connectivity index (χ0v) is 14.7. The maximum Gasteiger partial charge on any atom is 0.224 e. The van der Waals surface area contributed by atoms with E-state index in [0.29, 0.717) is 28.4 Å². The van der Waals surface area contributed by atoms with Gasteiger partial charge in [-0.3, -0.25) is 0 Å². The van der Waals surface area contributed by atoms with E-state index in [1.807, 2.05) is 6.07 Å². The van der Waals surface area contributed by atoms with Crippen LogP contribution in [0.3, 0.4) is 0 Å². The van der Waals surface area contributed by atoms with Crippen molar-refractivity contribution >= 4 is 40.7 Å².